The van der Waals surface area contributed by atoms with Crippen molar-refractivity contribution in [2.24, 2.45) is 0 Å². The van der Waals surface area contributed by atoms with Crippen LogP contribution in [0.1, 0.15) is 31.2 Å². The molecule has 0 bridgehead atoms. The van der Waals surface area contributed by atoms with Crippen molar-refractivity contribution in [3.05, 3.63) is 28.8 Å². The van der Waals surface area contributed by atoms with Crippen molar-refractivity contribution < 1.29 is 8.42 Å². The summed E-state index contributed by atoms with van der Waals surface area (Å²) in [4.78, 5) is 2.76. The Morgan fingerprint density at radius 1 is 1.09 bits per heavy atom. The zero-order valence-corrected chi connectivity index (χ0v) is 14.5. The molecule has 0 spiro atoms. The summed E-state index contributed by atoms with van der Waals surface area (Å²) in [5, 5.41) is 0.505. The summed E-state index contributed by atoms with van der Waals surface area (Å²) in [6.45, 7) is 4.70. The second-order valence-electron chi connectivity index (χ2n) is 6.29. The number of benzene rings is 1. The summed E-state index contributed by atoms with van der Waals surface area (Å²) < 4.78 is 27.1. The van der Waals surface area contributed by atoms with E-state index in [4.69, 9.17) is 11.6 Å². The average Bonchev–Trinajstić information content (AvgIpc) is 3.04. The number of hydrogen-bond donors (Lipinski definition) is 0. The van der Waals surface area contributed by atoms with E-state index in [9.17, 15) is 8.42 Å². The van der Waals surface area contributed by atoms with Crippen LogP contribution in [-0.4, -0.2) is 49.8 Å². The summed E-state index contributed by atoms with van der Waals surface area (Å²) in [5.41, 5.74) is 0.895. The lowest BCUT2D eigenvalue weighted by molar-refractivity contribution is 0.139. The van der Waals surface area contributed by atoms with Gasteiger partial charge in [0.1, 0.15) is 0 Å². The monoisotopic (exact) mass is 342 g/mol. The van der Waals surface area contributed by atoms with Crippen LogP contribution in [0.3, 0.4) is 0 Å². The highest BCUT2D eigenvalue weighted by molar-refractivity contribution is 7.89. The van der Waals surface area contributed by atoms with Crippen molar-refractivity contribution in [3.8, 4) is 0 Å². The molecule has 0 amide bonds. The smallest absolute Gasteiger partial charge is 0.243 e. The quantitative estimate of drug-likeness (QED) is 0.848. The maximum Gasteiger partial charge on any atom is 0.243 e. The van der Waals surface area contributed by atoms with Gasteiger partial charge in [0.15, 0.2) is 0 Å². The predicted octanol–water partition coefficient (Wildman–Crippen LogP) is 2.90. The minimum Gasteiger partial charge on any atom is -0.298 e. The normalized spacial score (nSPS) is 22.3. The number of piperazine rings is 1. The first kappa shape index (κ1) is 16.2. The number of nitrogens with zero attached hydrogens (tertiary/aromatic N) is 2. The molecule has 0 radical (unpaired) electrons. The molecule has 22 heavy (non-hydrogen) atoms. The summed E-state index contributed by atoms with van der Waals surface area (Å²) in [7, 11) is -3.43. The van der Waals surface area contributed by atoms with Crippen molar-refractivity contribution in [2.45, 2.75) is 43.5 Å². The first-order chi connectivity index (χ1) is 10.5. The van der Waals surface area contributed by atoms with Gasteiger partial charge in [-0.1, -0.05) is 30.5 Å². The molecular formula is C16H23ClN2O2S. The van der Waals surface area contributed by atoms with Gasteiger partial charge in [0, 0.05) is 37.2 Å². The number of aryl methyl sites for hydroxylation is 1. The third-order valence-corrected chi connectivity index (χ3v) is 7.20. The molecule has 4 nitrogen and oxygen atoms in total. The van der Waals surface area contributed by atoms with E-state index in [2.05, 4.69) is 4.90 Å². The molecule has 0 N–H and O–H groups in total. The van der Waals surface area contributed by atoms with Gasteiger partial charge in [-0.3, -0.25) is 4.90 Å². The van der Waals surface area contributed by atoms with E-state index in [0.29, 0.717) is 29.0 Å². The van der Waals surface area contributed by atoms with Gasteiger partial charge in [0.05, 0.1) is 4.90 Å². The molecule has 2 aliphatic rings. The molecule has 0 unspecified atom stereocenters. The first-order valence-corrected chi connectivity index (χ1v) is 9.80. The molecule has 1 aromatic rings. The maximum absolute atomic E-state index is 12.7. The van der Waals surface area contributed by atoms with Crippen molar-refractivity contribution >= 4 is 21.6 Å². The highest BCUT2D eigenvalue weighted by Gasteiger charge is 2.32. The molecule has 1 aliphatic carbocycles. The maximum atomic E-state index is 12.7. The van der Waals surface area contributed by atoms with Gasteiger partial charge in [0.2, 0.25) is 10.0 Å². The van der Waals surface area contributed by atoms with Gasteiger partial charge in [0.25, 0.3) is 0 Å². The minimum absolute atomic E-state index is 0.303. The largest absolute Gasteiger partial charge is 0.298 e. The molecule has 3 rings (SSSR count). The van der Waals surface area contributed by atoms with Gasteiger partial charge in [-0.15, -0.1) is 0 Å². The molecule has 0 atom stereocenters. The number of halogens is 1. The molecule has 122 valence electrons. The van der Waals surface area contributed by atoms with E-state index in [1.807, 2.05) is 6.92 Å². The molecule has 1 saturated heterocycles. The Kier molecular flexibility index (Phi) is 4.78. The van der Waals surface area contributed by atoms with Crippen LogP contribution in [0.15, 0.2) is 23.1 Å². The summed E-state index contributed by atoms with van der Waals surface area (Å²) in [6.07, 6.45) is 5.15. The van der Waals surface area contributed by atoms with Crippen LogP contribution in [0.5, 0.6) is 0 Å². The molecule has 1 heterocycles. The number of hydrogen-bond acceptors (Lipinski definition) is 3. The van der Waals surface area contributed by atoms with E-state index < -0.39 is 10.0 Å². The Hall–Kier alpha value is -0.620. The Labute approximate surface area is 138 Å². The molecule has 1 aliphatic heterocycles. The SMILES string of the molecule is Cc1ccc(S(=O)(=O)N2CCN(C3CCCC3)CC2)cc1Cl. The second-order valence-corrected chi connectivity index (χ2v) is 8.63. The lowest BCUT2D eigenvalue weighted by Gasteiger charge is -2.37. The van der Waals surface area contributed by atoms with Crippen molar-refractivity contribution in [1.82, 2.24) is 9.21 Å². The fourth-order valence-corrected chi connectivity index (χ4v) is 5.16. The fourth-order valence-electron chi connectivity index (χ4n) is 3.46. The van der Waals surface area contributed by atoms with Gasteiger partial charge < -0.3 is 0 Å². The van der Waals surface area contributed by atoms with Crippen molar-refractivity contribution in [2.75, 3.05) is 26.2 Å². The van der Waals surface area contributed by atoms with E-state index >= 15 is 0 Å². The average molecular weight is 343 g/mol. The van der Waals surface area contributed by atoms with Crippen LogP contribution in [0.2, 0.25) is 5.02 Å². The van der Waals surface area contributed by atoms with Crippen LogP contribution in [0.4, 0.5) is 0 Å². The third-order valence-electron chi connectivity index (χ3n) is 4.90. The topological polar surface area (TPSA) is 40.6 Å². The standard InChI is InChI=1S/C16H23ClN2O2S/c1-13-6-7-15(12-16(13)17)22(20,21)19-10-8-18(9-11-19)14-4-2-3-5-14/h6-7,12,14H,2-5,8-11H2,1H3. The summed E-state index contributed by atoms with van der Waals surface area (Å²) in [6, 6.07) is 5.65. The predicted molar refractivity (Wildman–Crippen MR) is 88.8 cm³/mol. The zero-order chi connectivity index (χ0) is 15.7. The number of sulfonamides is 1. The first-order valence-electron chi connectivity index (χ1n) is 7.99. The molecule has 6 heteroatoms. The van der Waals surface area contributed by atoms with E-state index in [-0.39, 0.29) is 0 Å². The second kappa shape index (κ2) is 6.48. The zero-order valence-electron chi connectivity index (χ0n) is 13.0. The van der Waals surface area contributed by atoms with Crippen LogP contribution in [0, 0.1) is 6.92 Å². The molecular weight excluding hydrogens is 320 g/mol. The van der Waals surface area contributed by atoms with E-state index in [1.54, 1.807) is 22.5 Å². The van der Waals surface area contributed by atoms with Crippen molar-refractivity contribution in [1.29, 1.82) is 0 Å². The molecule has 1 saturated carbocycles. The Bertz CT molecular complexity index is 634. The van der Waals surface area contributed by atoms with E-state index in [0.717, 1.165) is 18.7 Å². The Balaban J connectivity index is 1.70. The highest BCUT2D eigenvalue weighted by Crippen LogP contribution is 2.27. The minimum atomic E-state index is -3.43. The third kappa shape index (κ3) is 3.18. The van der Waals surface area contributed by atoms with Crippen LogP contribution < -0.4 is 0 Å². The van der Waals surface area contributed by atoms with Gasteiger partial charge in [-0.2, -0.15) is 4.31 Å². The van der Waals surface area contributed by atoms with Crippen LogP contribution in [-0.2, 0) is 10.0 Å². The summed E-state index contributed by atoms with van der Waals surface area (Å²) >= 11 is 6.08. The lowest BCUT2D eigenvalue weighted by Crippen LogP contribution is -2.51. The van der Waals surface area contributed by atoms with Crippen LogP contribution in [0.25, 0.3) is 0 Å². The Morgan fingerprint density at radius 2 is 1.73 bits per heavy atom. The lowest BCUT2D eigenvalue weighted by atomic mass is 10.2. The van der Waals surface area contributed by atoms with Crippen molar-refractivity contribution in [3.63, 3.8) is 0 Å². The molecule has 2 fully saturated rings. The number of rotatable bonds is 3. The summed E-state index contributed by atoms with van der Waals surface area (Å²) in [5.74, 6) is 0. The van der Waals surface area contributed by atoms with Gasteiger partial charge >= 0.3 is 0 Å². The fraction of sp³-hybridized carbons (Fsp3) is 0.625. The van der Waals surface area contributed by atoms with Gasteiger partial charge in [-0.25, -0.2) is 8.42 Å². The highest BCUT2D eigenvalue weighted by atomic mass is 35.5. The molecule has 0 aromatic heterocycles. The van der Waals surface area contributed by atoms with Gasteiger partial charge in [-0.05, 0) is 37.5 Å². The van der Waals surface area contributed by atoms with E-state index in [1.165, 1.54) is 25.7 Å². The Morgan fingerprint density at radius 3 is 2.32 bits per heavy atom. The molecule has 1 aromatic carbocycles. The van der Waals surface area contributed by atoms with Crippen LogP contribution >= 0.6 is 11.6 Å².